The van der Waals surface area contributed by atoms with Crippen molar-refractivity contribution in [1.29, 1.82) is 0 Å². The van der Waals surface area contributed by atoms with Crippen LogP contribution in [0.2, 0.25) is 0 Å². The van der Waals surface area contributed by atoms with Crippen molar-refractivity contribution in [1.82, 2.24) is 0 Å². The van der Waals surface area contributed by atoms with Gasteiger partial charge >= 0.3 is 24.3 Å². The lowest BCUT2D eigenvalue weighted by Crippen LogP contribution is -2.17. The number of alkyl halides is 6. The molecule has 0 N–H and O–H groups in total. The molecule has 4 nitrogen and oxygen atoms in total. The molecule has 0 aliphatic carbocycles. The predicted octanol–water partition coefficient (Wildman–Crippen LogP) is 4.31. The molecule has 1 aromatic carbocycles. The number of benzene rings is 1. The Morgan fingerprint density at radius 1 is 1.22 bits per heavy atom. The second-order valence-corrected chi connectivity index (χ2v) is 5.95. The third kappa shape index (κ3) is 4.81. The van der Waals surface area contributed by atoms with Gasteiger partial charge in [-0.25, -0.2) is 4.79 Å². The fourth-order valence-corrected chi connectivity index (χ4v) is 2.68. The second kappa shape index (κ2) is 7.24. The van der Waals surface area contributed by atoms with E-state index < -0.39 is 59.1 Å². The lowest BCUT2D eigenvalue weighted by molar-refractivity contribution is -0.144. The van der Waals surface area contributed by atoms with Crippen molar-refractivity contribution in [3.8, 4) is 5.75 Å². The highest BCUT2D eigenvalue weighted by Gasteiger charge is 2.40. The number of carbonyl (C=O) groups excluding carboxylic acids is 2. The summed E-state index contributed by atoms with van der Waals surface area (Å²) in [5.74, 6) is -3.14. The highest BCUT2D eigenvalue weighted by Crippen LogP contribution is 2.42. The maximum Gasteiger partial charge on any atom is 0.416 e. The Kier molecular flexibility index (Phi) is 5.58. The standard InChI is InChI=1S/C17H14F6O4/c1-8-10(7-26-15(8)25)3-4-12-13(17(21,22)23)5-11(16(18,19)20)6-14(12)27-9(2)24/h5-6,10H,1,3-4,7H2,2H3/t10-/m1/s1. The molecule has 0 spiro atoms. The molecule has 1 aromatic rings. The number of hydrogen-bond donors (Lipinski definition) is 0. The fraction of sp³-hybridized carbons (Fsp3) is 0.412. The van der Waals surface area contributed by atoms with Crippen LogP contribution in [0.4, 0.5) is 26.3 Å². The first-order chi connectivity index (χ1) is 12.3. The summed E-state index contributed by atoms with van der Waals surface area (Å²) in [6, 6.07) is 0.338. The van der Waals surface area contributed by atoms with Gasteiger partial charge in [-0.1, -0.05) is 6.58 Å². The van der Waals surface area contributed by atoms with E-state index in [1.165, 1.54) is 0 Å². The van der Waals surface area contributed by atoms with Gasteiger partial charge in [0, 0.05) is 24.0 Å². The van der Waals surface area contributed by atoms with E-state index in [-0.39, 0.29) is 24.7 Å². The quantitative estimate of drug-likeness (QED) is 0.329. The topological polar surface area (TPSA) is 52.6 Å². The van der Waals surface area contributed by atoms with Gasteiger partial charge in [-0.3, -0.25) is 4.79 Å². The summed E-state index contributed by atoms with van der Waals surface area (Å²) in [7, 11) is 0. The Bertz CT molecular complexity index is 779. The van der Waals surface area contributed by atoms with Crippen LogP contribution < -0.4 is 4.74 Å². The zero-order valence-corrected chi connectivity index (χ0v) is 14.0. The largest absolute Gasteiger partial charge is 0.462 e. The van der Waals surface area contributed by atoms with Gasteiger partial charge in [-0.2, -0.15) is 26.3 Å². The van der Waals surface area contributed by atoms with E-state index in [4.69, 9.17) is 4.74 Å². The summed E-state index contributed by atoms with van der Waals surface area (Å²) in [4.78, 5) is 22.5. The van der Waals surface area contributed by atoms with Gasteiger partial charge in [0.1, 0.15) is 5.75 Å². The number of halogens is 6. The van der Waals surface area contributed by atoms with Crippen LogP contribution in [0, 0.1) is 5.92 Å². The number of cyclic esters (lactones) is 1. The van der Waals surface area contributed by atoms with Crippen LogP contribution in [0.15, 0.2) is 24.3 Å². The number of hydrogen-bond acceptors (Lipinski definition) is 4. The molecule has 1 heterocycles. The smallest absolute Gasteiger partial charge is 0.416 e. The summed E-state index contributed by atoms with van der Waals surface area (Å²) in [6.07, 6.45) is -10.6. The van der Waals surface area contributed by atoms with E-state index >= 15 is 0 Å². The van der Waals surface area contributed by atoms with Crippen LogP contribution in [0.5, 0.6) is 5.75 Å². The van der Waals surface area contributed by atoms with Gasteiger partial charge < -0.3 is 9.47 Å². The van der Waals surface area contributed by atoms with Crippen molar-refractivity contribution in [2.75, 3.05) is 6.61 Å². The van der Waals surface area contributed by atoms with Crippen molar-refractivity contribution in [2.24, 2.45) is 5.92 Å². The first-order valence-corrected chi connectivity index (χ1v) is 7.66. The van der Waals surface area contributed by atoms with Gasteiger partial charge in [0.25, 0.3) is 0 Å². The Morgan fingerprint density at radius 3 is 2.30 bits per heavy atom. The van der Waals surface area contributed by atoms with E-state index in [0.29, 0.717) is 6.07 Å². The number of ether oxygens (including phenoxy) is 2. The molecular formula is C17H14F6O4. The molecule has 2 rings (SSSR count). The molecule has 1 saturated heterocycles. The minimum absolute atomic E-state index is 0.0204. The van der Waals surface area contributed by atoms with Crippen molar-refractivity contribution in [2.45, 2.75) is 32.1 Å². The molecule has 1 aliphatic rings. The molecule has 148 valence electrons. The van der Waals surface area contributed by atoms with Crippen LogP contribution in [0.1, 0.15) is 30.0 Å². The van der Waals surface area contributed by atoms with E-state index in [0.717, 1.165) is 6.92 Å². The Hall–Kier alpha value is -2.52. The van der Waals surface area contributed by atoms with Gasteiger partial charge in [0.15, 0.2) is 0 Å². The van der Waals surface area contributed by atoms with Crippen LogP contribution in [0.3, 0.4) is 0 Å². The maximum absolute atomic E-state index is 13.4. The summed E-state index contributed by atoms with van der Waals surface area (Å²) in [5, 5.41) is 0. The van der Waals surface area contributed by atoms with Crippen molar-refractivity contribution in [3.05, 3.63) is 41.0 Å². The molecule has 1 fully saturated rings. The monoisotopic (exact) mass is 396 g/mol. The van der Waals surface area contributed by atoms with Gasteiger partial charge in [-0.05, 0) is 25.0 Å². The van der Waals surface area contributed by atoms with Crippen molar-refractivity contribution >= 4 is 11.9 Å². The minimum Gasteiger partial charge on any atom is -0.462 e. The average molecular weight is 396 g/mol. The Balaban J connectivity index is 2.49. The Morgan fingerprint density at radius 2 is 1.85 bits per heavy atom. The minimum atomic E-state index is -5.11. The van der Waals surface area contributed by atoms with Crippen LogP contribution in [0.25, 0.3) is 0 Å². The number of carbonyl (C=O) groups is 2. The molecule has 1 aliphatic heterocycles. The highest BCUT2D eigenvalue weighted by molar-refractivity contribution is 5.90. The molecule has 0 aromatic heterocycles. The zero-order chi connectivity index (χ0) is 20.6. The molecule has 0 bridgehead atoms. The molecular weight excluding hydrogens is 382 g/mol. The van der Waals surface area contributed by atoms with Gasteiger partial charge in [0.05, 0.1) is 17.7 Å². The van der Waals surface area contributed by atoms with E-state index in [1.807, 2.05) is 0 Å². The summed E-state index contributed by atoms with van der Waals surface area (Å²) in [5.41, 5.74) is -3.66. The Labute approximate surface area is 149 Å². The van der Waals surface area contributed by atoms with Crippen LogP contribution >= 0.6 is 0 Å². The molecule has 0 amide bonds. The molecule has 10 heteroatoms. The van der Waals surface area contributed by atoms with Crippen LogP contribution in [-0.4, -0.2) is 18.5 Å². The van der Waals surface area contributed by atoms with Gasteiger partial charge in [0.2, 0.25) is 0 Å². The molecule has 0 radical (unpaired) electrons. The third-order valence-corrected chi connectivity index (χ3v) is 4.01. The van der Waals surface area contributed by atoms with Crippen LogP contribution in [-0.2, 0) is 33.1 Å². The number of esters is 2. The molecule has 1 atom stereocenters. The summed E-state index contributed by atoms with van der Waals surface area (Å²) in [6.45, 7) is 4.27. The van der Waals surface area contributed by atoms with E-state index in [1.54, 1.807) is 0 Å². The first kappa shape index (κ1) is 20.8. The normalized spacial score (nSPS) is 17.8. The maximum atomic E-state index is 13.4. The van der Waals surface area contributed by atoms with E-state index in [2.05, 4.69) is 11.3 Å². The summed E-state index contributed by atoms with van der Waals surface area (Å²) < 4.78 is 88.3. The lowest BCUT2D eigenvalue weighted by Gasteiger charge is -2.20. The number of rotatable bonds is 4. The highest BCUT2D eigenvalue weighted by atomic mass is 19.4. The lowest BCUT2D eigenvalue weighted by atomic mass is 9.91. The third-order valence-electron chi connectivity index (χ3n) is 4.01. The van der Waals surface area contributed by atoms with Gasteiger partial charge in [-0.15, -0.1) is 0 Å². The molecule has 27 heavy (non-hydrogen) atoms. The van der Waals surface area contributed by atoms with Crippen molar-refractivity contribution in [3.63, 3.8) is 0 Å². The fourth-order valence-electron chi connectivity index (χ4n) is 2.68. The average Bonchev–Trinajstić information content (AvgIpc) is 2.82. The molecule has 0 unspecified atom stereocenters. The SMILES string of the molecule is C=C1C(=O)OC[C@H]1CCc1c(OC(C)=O)cc(C(F)(F)F)cc1C(F)(F)F. The first-order valence-electron chi connectivity index (χ1n) is 7.66. The molecule has 0 saturated carbocycles. The second-order valence-electron chi connectivity index (χ2n) is 5.95. The predicted molar refractivity (Wildman–Crippen MR) is 79.7 cm³/mol. The summed E-state index contributed by atoms with van der Waals surface area (Å²) >= 11 is 0. The van der Waals surface area contributed by atoms with E-state index in [9.17, 15) is 35.9 Å². The van der Waals surface area contributed by atoms with Crippen molar-refractivity contribution < 1.29 is 45.4 Å². The zero-order valence-electron chi connectivity index (χ0n) is 14.0.